The highest BCUT2D eigenvalue weighted by atomic mass is 16.2. The number of carbonyl (C=O) groups excluding carboxylic acids is 1. The maximum Gasteiger partial charge on any atom is 0.274 e. The average molecular weight is 336 g/mol. The largest absolute Gasteiger partial charge is 0.334 e. The van der Waals surface area contributed by atoms with Gasteiger partial charge in [0.05, 0.1) is 0 Å². The fraction of sp³-hybridized carbons (Fsp3) is 0.450. The van der Waals surface area contributed by atoms with E-state index in [1.807, 2.05) is 23.1 Å². The van der Waals surface area contributed by atoms with E-state index >= 15 is 0 Å². The third kappa shape index (κ3) is 2.99. The summed E-state index contributed by atoms with van der Waals surface area (Å²) < 4.78 is 0. The molecule has 1 saturated heterocycles. The normalized spacial score (nSPS) is 19.8. The second kappa shape index (κ2) is 6.82. The van der Waals surface area contributed by atoms with Crippen LogP contribution in [0.2, 0.25) is 0 Å². The minimum atomic E-state index is 0.0208. The topological polar surface area (TPSA) is 49.3 Å². The highest BCUT2D eigenvalue weighted by Gasteiger charge is 2.28. The van der Waals surface area contributed by atoms with Gasteiger partial charge in [0.25, 0.3) is 5.91 Å². The number of likely N-dealkylation sites (tertiary alicyclic amines) is 1. The van der Waals surface area contributed by atoms with Crippen LogP contribution in [0, 0.1) is 0 Å². The molecule has 1 amide bonds. The van der Waals surface area contributed by atoms with Crippen LogP contribution < -0.4 is 4.90 Å². The van der Waals surface area contributed by atoms with E-state index in [0.717, 1.165) is 44.6 Å². The van der Waals surface area contributed by atoms with E-state index in [-0.39, 0.29) is 5.91 Å². The average Bonchev–Trinajstić information content (AvgIpc) is 3.11. The molecule has 5 nitrogen and oxygen atoms in total. The van der Waals surface area contributed by atoms with Crippen molar-refractivity contribution in [2.45, 2.75) is 45.1 Å². The molecule has 5 heteroatoms. The monoisotopic (exact) mass is 336 g/mol. The molecular formula is C20H24N4O. The number of anilines is 2. The predicted octanol–water partition coefficient (Wildman–Crippen LogP) is 3.58. The molecule has 0 bridgehead atoms. The van der Waals surface area contributed by atoms with Crippen LogP contribution in [-0.2, 0) is 6.42 Å². The van der Waals surface area contributed by atoms with Crippen LogP contribution in [0.15, 0.2) is 36.4 Å². The van der Waals surface area contributed by atoms with Gasteiger partial charge in [0.1, 0.15) is 0 Å². The second-order valence-corrected chi connectivity index (χ2v) is 6.86. The van der Waals surface area contributed by atoms with Crippen LogP contribution in [0.4, 0.5) is 11.5 Å². The summed E-state index contributed by atoms with van der Waals surface area (Å²) >= 11 is 0. The molecule has 0 aliphatic carbocycles. The number of hydrogen-bond donors (Lipinski definition) is 0. The van der Waals surface area contributed by atoms with Gasteiger partial charge in [-0.2, -0.15) is 0 Å². The number of carbonyl (C=O) groups is 1. The number of piperidine rings is 1. The van der Waals surface area contributed by atoms with Crippen molar-refractivity contribution in [3.8, 4) is 0 Å². The van der Waals surface area contributed by atoms with Gasteiger partial charge in [0, 0.05) is 24.8 Å². The highest BCUT2D eigenvalue weighted by Crippen LogP contribution is 2.32. The van der Waals surface area contributed by atoms with Crippen LogP contribution in [-0.4, -0.2) is 40.1 Å². The lowest BCUT2D eigenvalue weighted by molar-refractivity contribution is 0.0601. The van der Waals surface area contributed by atoms with Gasteiger partial charge in [-0.1, -0.05) is 25.1 Å². The fourth-order valence-corrected chi connectivity index (χ4v) is 4.00. The minimum Gasteiger partial charge on any atom is -0.334 e. The first-order valence-electron chi connectivity index (χ1n) is 9.28. The summed E-state index contributed by atoms with van der Waals surface area (Å²) in [5.41, 5.74) is 2.98. The number of fused-ring (bicyclic) bond motifs is 1. The Morgan fingerprint density at radius 3 is 2.80 bits per heavy atom. The van der Waals surface area contributed by atoms with Crippen molar-refractivity contribution in [1.29, 1.82) is 0 Å². The number of para-hydroxylation sites is 1. The van der Waals surface area contributed by atoms with Crippen molar-refractivity contribution >= 4 is 17.4 Å². The minimum absolute atomic E-state index is 0.0208. The molecule has 25 heavy (non-hydrogen) atoms. The van der Waals surface area contributed by atoms with Crippen LogP contribution in [0.5, 0.6) is 0 Å². The van der Waals surface area contributed by atoms with Crippen LogP contribution in [0.25, 0.3) is 0 Å². The lowest BCUT2D eigenvalue weighted by Crippen LogP contribution is -2.43. The maximum atomic E-state index is 12.8. The summed E-state index contributed by atoms with van der Waals surface area (Å²) in [6.07, 6.45) is 5.41. The van der Waals surface area contributed by atoms with Gasteiger partial charge >= 0.3 is 0 Å². The molecular weight excluding hydrogens is 312 g/mol. The van der Waals surface area contributed by atoms with Crippen molar-refractivity contribution < 1.29 is 4.79 Å². The summed E-state index contributed by atoms with van der Waals surface area (Å²) in [6, 6.07) is 12.5. The Labute approximate surface area is 148 Å². The lowest BCUT2D eigenvalue weighted by Gasteiger charge is -2.34. The van der Waals surface area contributed by atoms with Crippen molar-refractivity contribution in [3.63, 3.8) is 0 Å². The Morgan fingerprint density at radius 1 is 1.12 bits per heavy atom. The Hall–Kier alpha value is -2.43. The molecule has 0 saturated carbocycles. The lowest BCUT2D eigenvalue weighted by atomic mass is 9.99. The Bertz CT molecular complexity index is 759. The second-order valence-electron chi connectivity index (χ2n) is 6.86. The molecule has 1 unspecified atom stereocenters. The molecule has 1 atom stereocenters. The van der Waals surface area contributed by atoms with Crippen LogP contribution in [0.3, 0.4) is 0 Å². The first-order chi connectivity index (χ1) is 12.3. The first-order valence-corrected chi connectivity index (χ1v) is 9.28. The van der Waals surface area contributed by atoms with Gasteiger partial charge in [-0.25, -0.2) is 0 Å². The molecule has 4 rings (SSSR count). The molecule has 3 heterocycles. The number of benzene rings is 1. The number of nitrogens with zero attached hydrogens (tertiary/aromatic N) is 4. The van der Waals surface area contributed by atoms with E-state index in [4.69, 9.17) is 0 Å². The standard InChI is InChI=1S/C20H24N4O/c1-2-16-8-5-6-13-23(16)20(25)17-10-11-19(22-21-17)24-14-12-15-7-3-4-9-18(15)24/h3-4,7,9-11,16H,2,5-6,8,12-14H2,1H3. The molecule has 0 N–H and O–H groups in total. The van der Waals surface area contributed by atoms with E-state index < -0.39 is 0 Å². The van der Waals surface area contributed by atoms with Gasteiger partial charge in [0.2, 0.25) is 0 Å². The van der Waals surface area contributed by atoms with Gasteiger partial charge < -0.3 is 9.80 Å². The van der Waals surface area contributed by atoms with E-state index in [0.29, 0.717) is 11.7 Å². The molecule has 2 aromatic rings. The van der Waals surface area contributed by atoms with E-state index in [2.05, 4.69) is 40.2 Å². The number of aromatic nitrogens is 2. The predicted molar refractivity (Wildman–Crippen MR) is 98.2 cm³/mol. The van der Waals surface area contributed by atoms with E-state index in [9.17, 15) is 4.79 Å². The quantitative estimate of drug-likeness (QED) is 0.860. The first kappa shape index (κ1) is 16.1. The summed E-state index contributed by atoms with van der Waals surface area (Å²) in [6.45, 7) is 3.89. The van der Waals surface area contributed by atoms with Crippen molar-refractivity contribution in [3.05, 3.63) is 47.7 Å². The highest BCUT2D eigenvalue weighted by molar-refractivity contribution is 5.92. The zero-order valence-electron chi connectivity index (χ0n) is 14.7. The molecule has 130 valence electrons. The molecule has 1 aromatic heterocycles. The van der Waals surface area contributed by atoms with Gasteiger partial charge in [-0.05, 0) is 55.9 Å². The summed E-state index contributed by atoms with van der Waals surface area (Å²) in [4.78, 5) is 17.0. The van der Waals surface area contributed by atoms with Crippen LogP contribution >= 0.6 is 0 Å². The maximum absolute atomic E-state index is 12.8. The Kier molecular flexibility index (Phi) is 4.38. The zero-order chi connectivity index (χ0) is 17.2. The van der Waals surface area contributed by atoms with Gasteiger partial charge in [-0.3, -0.25) is 4.79 Å². The Morgan fingerprint density at radius 2 is 2.00 bits per heavy atom. The molecule has 1 fully saturated rings. The molecule has 1 aromatic carbocycles. The molecule has 0 spiro atoms. The summed E-state index contributed by atoms with van der Waals surface area (Å²) in [7, 11) is 0. The molecule has 2 aliphatic rings. The van der Waals surface area contributed by atoms with Crippen LogP contribution in [0.1, 0.15) is 48.7 Å². The van der Waals surface area contributed by atoms with Crippen molar-refractivity contribution in [1.82, 2.24) is 15.1 Å². The van der Waals surface area contributed by atoms with E-state index in [1.54, 1.807) is 0 Å². The molecule has 0 radical (unpaired) electrons. The van der Waals surface area contributed by atoms with Crippen molar-refractivity contribution in [2.75, 3.05) is 18.0 Å². The SMILES string of the molecule is CCC1CCCCN1C(=O)c1ccc(N2CCc3ccccc32)nn1. The van der Waals surface area contributed by atoms with E-state index in [1.165, 1.54) is 17.7 Å². The summed E-state index contributed by atoms with van der Waals surface area (Å²) in [5.74, 6) is 0.833. The van der Waals surface area contributed by atoms with Gasteiger partial charge in [-0.15, -0.1) is 10.2 Å². The van der Waals surface area contributed by atoms with Crippen molar-refractivity contribution in [2.24, 2.45) is 0 Å². The zero-order valence-corrected chi connectivity index (χ0v) is 14.7. The van der Waals surface area contributed by atoms with Gasteiger partial charge in [0.15, 0.2) is 11.5 Å². The third-order valence-electron chi connectivity index (χ3n) is 5.39. The number of amides is 1. The summed E-state index contributed by atoms with van der Waals surface area (Å²) in [5, 5.41) is 8.61. The fourth-order valence-electron chi connectivity index (χ4n) is 4.00. The third-order valence-corrected chi connectivity index (χ3v) is 5.39. The smallest absolute Gasteiger partial charge is 0.274 e. The number of rotatable bonds is 3. The Balaban J connectivity index is 1.53. The molecule has 2 aliphatic heterocycles. The number of hydrogen-bond acceptors (Lipinski definition) is 4.